The molecule has 3 aliphatic carbocycles. The normalized spacial score (nSPS) is 45.0. The van der Waals surface area contributed by atoms with Crippen LogP contribution in [-0.2, 0) is 12.8 Å². The summed E-state index contributed by atoms with van der Waals surface area (Å²) in [5, 5.41) is 15.4. The maximum absolute atomic E-state index is 10.6. The van der Waals surface area contributed by atoms with Gasteiger partial charge in [0.1, 0.15) is 0 Å². The zero-order chi connectivity index (χ0) is 16.9. The van der Waals surface area contributed by atoms with E-state index in [0.717, 1.165) is 24.2 Å². The number of hydrogen-bond donors (Lipinski definition) is 1. The lowest BCUT2D eigenvalue weighted by molar-refractivity contribution is -0.0862. The summed E-state index contributed by atoms with van der Waals surface area (Å²) in [6.07, 6.45) is 11.5. The molecule has 1 aromatic heterocycles. The van der Waals surface area contributed by atoms with E-state index in [1.54, 1.807) is 11.1 Å². The summed E-state index contributed by atoms with van der Waals surface area (Å²) in [5.74, 6) is 2.52. The van der Waals surface area contributed by atoms with Crippen molar-refractivity contribution in [1.82, 2.24) is 0 Å². The lowest BCUT2D eigenvalue weighted by Gasteiger charge is -2.56. The minimum Gasteiger partial charge on any atom is -0.393 e. The Kier molecular flexibility index (Phi) is 4.36. The molecule has 0 aliphatic heterocycles. The van der Waals surface area contributed by atoms with Gasteiger partial charge in [-0.15, -0.1) is 0 Å². The Morgan fingerprint density at radius 2 is 1.83 bits per heavy atom. The number of thiophene rings is 1. The van der Waals surface area contributed by atoms with Gasteiger partial charge in [-0.05, 0) is 102 Å². The van der Waals surface area contributed by atoms with Crippen LogP contribution in [0, 0.1) is 28.6 Å². The van der Waals surface area contributed by atoms with Crippen LogP contribution in [0.2, 0.25) is 0 Å². The lowest BCUT2D eigenvalue weighted by atomic mass is 9.49. The van der Waals surface area contributed by atoms with Crippen LogP contribution in [0.4, 0.5) is 0 Å². The largest absolute Gasteiger partial charge is 0.393 e. The first-order valence-electron chi connectivity index (χ1n) is 10.2. The fourth-order valence-electron chi connectivity index (χ4n) is 6.92. The Labute approximate surface area is 151 Å². The maximum Gasteiger partial charge on any atom is 0.0596 e. The number of aliphatic hydroxyl groups excluding tert-OH is 1. The van der Waals surface area contributed by atoms with Crippen molar-refractivity contribution in [3.8, 4) is 0 Å². The molecule has 4 rings (SSSR count). The second-order valence-corrected chi connectivity index (χ2v) is 10.3. The van der Waals surface area contributed by atoms with E-state index in [1.807, 2.05) is 11.3 Å². The summed E-state index contributed by atoms with van der Waals surface area (Å²) in [4.78, 5) is 0. The van der Waals surface area contributed by atoms with Crippen LogP contribution in [0.5, 0.6) is 0 Å². The summed E-state index contributed by atoms with van der Waals surface area (Å²) in [7, 11) is 0. The third kappa shape index (κ3) is 2.51. The monoisotopic (exact) mass is 346 g/mol. The smallest absolute Gasteiger partial charge is 0.0596 e. The van der Waals surface area contributed by atoms with Gasteiger partial charge in [0.15, 0.2) is 0 Å². The van der Waals surface area contributed by atoms with Crippen LogP contribution in [0.25, 0.3) is 0 Å². The van der Waals surface area contributed by atoms with Crippen molar-refractivity contribution in [3.05, 3.63) is 21.9 Å². The molecule has 1 nitrogen and oxygen atoms in total. The highest BCUT2D eigenvalue weighted by Crippen LogP contribution is 2.63. The molecular weight excluding hydrogens is 312 g/mol. The second-order valence-electron chi connectivity index (χ2n) is 9.51. The number of aryl methyl sites for hydroxylation is 1. The summed E-state index contributed by atoms with van der Waals surface area (Å²) >= 11 is 1.89. The Balaban J connectivity index is 1.60. The Bertz CT molecular complexity index is 593. The molecule has 0 amide bonds. The summed E-state index contributed by atoms with van der Waals surface area (Å²) in [6.45, 7) is 7.28. The highest BCUT2D eigenvalue weighted by atomic mass is 32.1. The number of hydrogen-bond acceptors (Lipinski definition) is 2. The number of aliphatic hydroxyl groups is 1. The molecule has 0 bridgehead atoms. The predicted octanol–water partition coefficient (Wildman–Crippen LogP) is 5.85. The molecule has 24 heavy (non-hydrogen) atoms. The van der Waals surface area contributed by atoms with Crippen LogP contribution in [0.3, 0.4) is 0 Å². The van der Waals surface area contributed by atoms with Crippen molar-refractivity contribution in [2.24, 2.45) is 28.6 Å². The van der Waals surface area contributed by atoms with Crippen molar-refractivity contribution >= 4 is 11.3 Å². The van der Waals surface area contributed by atoms with Gasteiger partial charge in [0.05, 0.1) is 6.10 Å². The first-order valence-corrected chi connectivity index (χ1v) is 11.1. The van der Waals surface area contributed by atoms with Gasteiger partial charge in [0.2, 0.25) is 0 Å². The second kappa shape index (κ2) is 6.13. The molecule has 6 atom stereocenters. The first-order chi connectivity index (χ1) is 11.5. The Morgan fingerprint density at radius 3 is 2.62 bits per heavy atom. The summed E-state index contributed by atoms with van der Waals surface area (Å²) < 4.78 is 0. The van der Waals surface area contributed by atoms with E-state index >= 15 is 0 Å². The van der Waals surface area contributed by atoms with Gasteiger partial charge in [-0.1, -0.05) is 27.2 Å². The number of rotatable bonds is 3. The first kappa shape index (κ1) is 17.1. The molecule has 1 N–H and O–H groups in total. The van der Waals surface area contributed by atoms with Crippen molar-refractivity contribution in [2.75, 3.05) is 0 Å². The number of fused-ring (bicyclic) bond motifs is 3. The quantitative estimate of drug-likeness (QED) is 0.728. The molecule has 2 heteroatoms. The molecule has 3 fully saturated rings. The molecule has 0 spiro atoms. The maximum atomic E-state index is 10.6. The van der Waals surface area contributed by atoms with E-state index in [0.29, 0.717) is 5.41 Å². The van der Waals surface area contributed by atoms with Crippen molar-refractivity contribution in [2.45, 2.75) is 84.7 Å². The van der Waals surface area contributed by atoms with Crippen molar-refractivity contribution < 1.29 is 5.11 Å². The van der Waals surface area contributed by atoms with Gasteiger partial charge in [-0.25, -0.2) is 0 Å². The van der Waals surface area contributed by atoms with E-state index in [2.05, 4.69) is 31.5 Å². The minimum atomic E-state index is -0.0415. The fourth-order valence-corrected chi connectivity index (χ4v) is 7.87. The van der Waals surface area contributed by atoms with Crippen LogP contribution in [0.15, 0.2) is 10.8 Å². The predicted molar refractivity (Wildman–Crippen MR) is 102 cm³/mol. The van der Waals surface area contributed by atoms with Gasteiger partial charge in [0, 0.05) is 0 Å². The molecule has 0 aromatic carbocycles. The van der Waals surface area contributed by atoms with Gasteiger partial charge < -0.3 is 5.11 Å². The standard InChI is InChI=1S/C22H34OS/c1-4-15-13-24-14-16(15)12-21(2)10-5-6-17-18(21)9-11-22(3)19(17)7-8-20(22)23/h13-14,17-20,23H,4-12H2,1-3H3. The molecule has 0 radical (unpaired) electrons. The Morgan fingerprint density at radius 1 is 1.04 bits per heavy atom. The van der Waals surface area contributed by atoms with E-state index in [4.69, 9.17) is 0 Å². The van der Waals surface area contributed by atoms with Gasteiger partial charge in [0.25, 0.3) is 0 Å². The highest BCUT2D eigenvalue weighted by molar-refractivity contribution is 7.08. The third-order valence-electron chi connectivity index (χ3n) is 8.38. The fraction of sp³-hybridized carbons (Fsp3) is 0.818. The SMILES string of the molecule is CCc1cscc1CC1(C)CCCC2C1CCC1(C)C(O)CCC21. The van der Waals surface area contributed by atoms with Crippen molar-refractivity contribution in [1.29, 1.82) is 0 Å². The zero-order valence-corrected chi connectivity index (χ0v) is 16.5. The van der Waals surface area contributed by atoms with Gasteiger partial charge in [-0.3, -0.25) is 0 Å². The average Bonchev–Trinajstić information content (AvgIpc) is 3.12. The Hall–Kier alpha value is -0.340. The molecule has 134 valence electrons. The van der Waals surface area contributed by atoms with Crippen LogP contribution >= 0.6 is 11.3 Å². The lowest BCUT2D eigenvalue weighted by Crippen LogP contribution is -2.50. The van der Waals surface area contributed by atoms with Gasteiger partial charge >= 0.3 is 0 Å². The minimum absolute atomic E-state index is 0.0415. The third-order valence-corrected chi connectivity index (χ3v) is 9.22. The molecule has 1 aromatic rings. The van der Waals surface area contributed by atoms with E-state index in [9.17, 15) is 5.11 Å². The van der Waals surface area contributed by atoms with Crippen LogP contribution in [-0.4, -0.2) is 11.2 Å². The highest BCUT2D eigenvalue weighted by Gasteiger charge is 2.57. The van der Waals surface area contributed by atoms with E-state index < -0.39 is 0 Å². The van der Waals surface area contributed by atoms with E-state index in [1.165, 1.54) is 51.4 Å². The molecule has 1 heterocycles. The summed E-state index contributed by atoms with van der Waals surface area (Å²) in [5.41, 5.74) is 3.91. The molecule has 6 unspecified atom stereocenters. The summed E-state index contributed by atoms with van der Waals surface area (Å²) in [6, 6.07) is 0. The van der Waals surface area contributed by atoms with E-state index in [-0.39, 0.29) is 11.5 Å². The molecule has 3 saturated carbocycles. The zero-order valence-electron chi connectivity index (χ0n) is 15.7. The molecule has 0 saturated heterocycles. The molecular formula is C22H34OS. The van der Waals surface area contributed by atoms with Gasteiger partial charge in [-0.2, -0.15) is 11.3 Å². The molecule has 3 aliphatic rings. The van der Waals surface area contributed by atoms with Crippen LogP contribution in [0.1, 0.15) is 76.8 Å². The topological polar surface area (TPSA) is 20.2 Å². The average molecular weight is 347 g/mol. The van der Waals surface area contributed by atoms with Crippen LogP contribution < -0.4 is 0 Å². The van der Waals surface area contributed by atoms with Crippen molar-refractivity contribution in [3.63, 3.8) is 0 Å².